The number of rotatable bonds is 4. The summed E-state index contributed by atoms with van der Waals surface area (Å²) in [6.07, 6.45) is 0. The lowest BCUT2D eigenvalue weighted by atomic mass is 10.1. The van der Waals surface area contributed by atoms with Crippen LogP contribution in [0.15, 0.2) is 46.9 Å². The number of nitrogens with zero attached hydrogens (tertiary/aromatic N) is 1. The number of methoxy groups -OCH3 is 1. The van der Waals surface area contributed by atoms with E-state index in [1.165, 1.54) is 0 Å². The Morgan fingerprint density at radius 1 is 1.21 bits per heavy atom. The average Bonchev–Trinajstić information content (AvgIpc) is 2.63. The van der Waals surface area contributed by atoms with Gasteiger partial charge in [-0.25, -0.2) is 0 Å². The number of para-hydroxylation sites is 2. The van der Waals surface area contributed by atoms with Gasteiger partial charge in [-0.1, -0.05) is 12.1 Å². The van der Waals surface area contributed by atoms with Crippen LogP contribution < -0.4 is 15.0 Å². The zero-order valence-corrected chi connectivity index (χ0v) is 15.0. The van der Waals surface area contributed by atoms with Crippen molar-refractivity contribution in [2.24, 2.45) is 0 Å². The molecule has 126 valence electrons. The summed E-state index contributed by atoms with van der Waals surface area (Å²) in [4.78, 5) is 14.9. The Bertz CT molecular complexity index is 730. The van der Waals surface area contributed by atoms with Crippen molar-refractivity contribution in [3.05, 3.63) is 52.5 Å². The molecule has 0 aliphatic carbocycles. The first-order chi connectivity index (χ1) is 11.7. The molecule has 2 aromatic rings. The number of ether oxygens (including phenoxy) is 2. The van der Waals surface area contributed by atoms with Crippen molar-refractivity contribution in [1.82, 2.24) is 0 Å². The quantitative estimate of drug-likeness (QED) is 0.866. The normalized spacial score (nSPS) is 14.3. The number of carbonyl (C=O) groups excluding carboxylic acids is 1. The van der Waals surface area contributed by atoms with Gasteiger partial charge in [-0.15, -0.1) is 0 Å². The van der Waals surface area contributed by atoms with Crippen LogP contribution in [0.2, 0.25) is 0 Å². The Labute approximate surface area is 149 Å². The van der Waals surface area contributed by atoms with Gasteiger partial charge in [-0.2, -0.15) is 0 Å². The molecule has 24 heavy (non-hydrogen) atoms. The molecule has 0 radical (unpaired) electrons. The second-order valence-electron chi connectivity index (χ2n) is 5.42. The minimum atomic E-state index is -0.179. The average molecular weight is 391 g/mol. The zero-order valence-electron chi connectivity index (χ0n) is 13.4. The Morgan fingerprint density at radius 2 is 1.96 bits per heavy atom. The molecule has 0 aromatic heterocycles. The fourth-order valence-electron chi connectivity index (χ4n) is 2.65. The van der Waals surface area contributed by atoms with E-state index in [0.29, 0.717) is 24.5 Å². The smallest absolute Gasteiger partial charge is 0.257 e. The third-order valence-corrected chi connectivity index (χ3v) is 4.61. The lowest BCUT2D eigenvalue weighted by Gasteiger charge is -2.30. The summed E-state index contributed by atoms with van der Waals surface area (Å²) in [5, 5.41) is 3.01. The summed E-state index contributed by atoms with van der Waals surface area (Å²) in [6.45, 7) is 3.03. The van der Waals surface area contributed by atoms with Gasteiger partial charge in [0.2, 0.25) is 0 Å². The van der Waals surface area contributed by atoms with E-state index in [-0.39, 0.29) is 5.91 Å². The minimum absolute atomic E-state index is 0.179. The summed E-state index contributed by atoms with van der Waals surface area (Å²) in [6, 6.07) is 13.2. The number of benzene rings is 2. The molecule has 0 bridgehead atoms. The van der Waals surface area contributed by atoms with E-state index in [2.05, 4.69) is 26.1 Å². The molecule has 1 amide bonds. The minimum Gasteiger partial charge on any atom is -0.497 e. The third kappa shape index (κ3) is 3.71. The van der Waals surface area contributed by atoms with Crippen LogP contribution in [0.25, 0.3) is 0 Å². The number of halogens is 1. The van der Waals surface area contributed by atoms with Crippen LogP contribution in [0, 0.1) is 0 Å². The van der Waals surface area contributed by atoms with Gasteiger partial charge < -0.3 is 19.7 Å². The first-order valence-corrected chi connectivity index (χ1v) is 8.55. The van der Waals surface area contributed by atoms with E-state index < -0.39 is 0 Å². The monoisotopic (exact) mass is 390 g/mol. The molecule has 6 heteroatoms. The SMILES string of the molecule is COc1ccc(Br)c(C(=O)Nc2ccccc2N2CCOCC2)c1. The molecule has 1 N–H and O–H groups in total. The highest BCUT2D eigenvalue weighted by Crippen LogP contribution is 2.28. The second kappa shape index (κ2) is 7.68. The standard InChI is InChI=1S/C18H19BrN2O3/c1-23-13-6-7-15(19)14(12-13)18(22)20-16-4-2-3-5-17(16)21-8-10-24-11-9-21/h2-7,12H,8-11H2,1H3,(H,20,22). The summed E-state index contributed by atoms with van der Waals surface area (Å²) >= 11 is 3.43. The second-order valence-corrected chi connectivity index (χ2v) is 6.27. The first-order valence-electron chi connectivity index (χ1n) is 7.75. The van der Waals surface area contributed by atoms with Crippen LogP contribution in [-0.2, 0) is 4.74 Å². The summed E-state index contributed by atoms with van der Waals surface area (Å²) in [5.41, 5.74) is 2.33. The van der Waals surface area contributed by atoms with Gasteiger partial charge in [-0.3, -0.25) is 4.79 Å². The van der Waals surface area contributed by atoms with Crippen LogP contribution in [0.4, 0.5) is 11.4 Å². The van der Waals surface area contributed by atoms with Crippen LogP contribution in [0.1, 0.15) is 10.4 Å². The van der Waals surface area contributed by atoms with Gasteiger partial charge in [0, 0.05) is 17.6 Å². The molecule has 1 aliphatic rings. The topological polar surface area (TPSA) is 50.8 Å². The van der Waals surface area contributed by atoms with E-state index in [9.17, 15) is 4.79 Å². The van der Waals surface area contributed by atoms with Gasteiger partial charge in [0.1, 0.15) is 5.75 Å². The summed E-state index contributed by atoms with van der Waals surface area (Å²) < 4.78 is 11.3. The van der Waals surface area contributed by atoms with Gasteiger partial charge in [0.25, 0.3) is 5.91 Å². The summed E-state index contributed by atoms with van der Waals surface area (Å²) in [5.74, 6) is 0.464. The number of carbonyl (C=O) groups is 1. The predicted molar refractivity (Wildman–Crippen MR) is 98.1 cm³/mol. The molecule has 0 atom stereocenters. The molecule has 0 saturated carbocycles. The van der Waals surface area contributed by atoms with Crippen molar-refractivity contribution < 1.29 is 14.3 Å². The summed E-state index contributed by atoms with van der Waals surface area (Å²) in [7, 11) is 1.58. The fourth-order valence-corrected chi connectivity index (χ4v) is 3.08. The van der Waals surface area contributed by atoms with Gasteiger partial charge in [0.15, 0.2) is 0 Å². The van der Waals surface area contributed by atoms with Crippen LogP contribution in [0.3, 0.4) is 0 Å². The molecule has 0 unspecified atom stereocenters. The van der Waals surface area contributed by atoms with E-state index in [0.717, 1.165) is 28.9 Å². The maximum Gasteiger partial charge on any atom is 0.257 e. The van der Waals surface area contributed by atoms with E-state index in [4.69, 9.17) is 9.47 Å². The highest BCUT2D eigenvalue weighted by Gasteiger charge is 2.17. The number of hydrogen-bond donors (Lipinski definition) is 1. The molecule has 5 nitrogen and oxygen atoms in total. The molecule has 1 heterocycles. The van der Waals surface area contributed by atoms with Crippen molar-refractivity contribution in [3.63, 3.8) is 0 Å². The molecule has 1 fully saturated rings. The third-order valence-electron chi connectivity index (χ3n) is 3.92. The molecule has 3 rings (SSSR count). The van der Waals surface area contributed by atoms with Crippen molar-refractivity contribution >= 4 is 33.2 Å². The first kappa shape index (κ1) is 16.8. The van der Waals surface area contributed by atoms with Crippen LogP contribution >= 0.6 is 15.9 Å². The molecule has 1 saturated heterocycles. The molecule has 1 aliphatic heterocycles. The highest BCUT2D eigenvalue weighted by atomic mass is 79.9. The largest absolute Gasteiger partial charge is 0.497 e. The van der Waals surface area contributed by atoms with E-state index in [1.807, 2.05) is 36.4 Å². The van der Waals surface area contributed by atoms with Crippen molar-refractivity contribution in [1.29, 1.82) is 0 Å². The fraction of sp³-hybridized carbons (Fsp3) is 0.278. The maximum absolute atomic E-state index is 12.7. The van der Waals surface area contributed by atoms with E-state index >= 15 is 0 Å². The Morgan fingerprint density at radius 3 is 2.71 bits per heavy atom. The lowest BCUT2D eigenvalue weighted by molar-refractivity contribution is 0.102. The Balaban J connectivity index is 1.84. The van der Waals surface area contributed by atoms with Gasteiger partial charge in [-0.05, 0) is 46.3 Å². The maximum atomic E-state index is 12.7. The number of nitrogens with one attached hydrogen (secondary N) is 1. The molecule has 0 spiro atoms. The Hall–Kier alpha value is -2.05. The van der Waals surface area contributed by atoms with Crippen molar-refractivity contribution in [2.45, 2.75) is 0 Å². The van der Waals surface area contributed by atoms with Crippen LogP contribution in [0.5, 0.6) is 5.75 Å². The molecular formula is C18H19BrN2O3. The lowest BCUT2D eigenvalue weighted by Crippen LogP contribution is -2.36. The van der Waals surface area contributed by atoms with Crippen LogP contribution in [-0.4, -0.2) is 39.3 Å². The molecular weight excluding hydrogens is 372 g/mol. The Kier molecular flexibility index (Phi) is 5.37. The van der Waals surface area contributed by atoms with Crippen molar-refractivity contribution in [2.75, 3.05) is 43.6 Å². The number of anilines is 2. The van der Waals surface area contributed by atoms with E-state index in [1.54, 1.807) is 13.2 Å². The number of amides is 1. The van der Waals surface area contributed by atoms with Crippen molar-refractivity contribution in [3.8, 4) is 5.75 Å². The van der Waals surface area contributed by atoms with Gasteiger partial charge >= 0.3 is 0 Å². The van der Waals surface area contributed by atoms with Gasteiger partial charge in [0.05, 0.1) is 37.3 Å². The zero-order chi connectivity index (χ0) is 16.9. The highest BCUT2D eigenvalue weighted by molar-refractivity contribution is 9.10. The predicted octanol–water partition coefficient (Wildman–Crippen LogP) is 3.55. The molecule has 2 aromatic carbocycles. The number of hydrogen-bond acceptors (Lipinski definition) is 4. The number of morpholine rings is 1.